The lowest BCUT2D eigenvalue weighted by Crippen LogP contribution is -2.65. The highest BCUT2D eigenvalue weighted by atomic mass is 35.5. The van der Waals surface area contributed by atoms with Crippen molar-refractivity contribution >= 4 is 35.0 Å². The first kappa shape index (κ1) is 21.9. The summed E-state index contributed by atoms with van der Waals surface area (Å²) in [6, 6.07) is 5.49. The van der Waals surface area contributed by atoms with E-state index in [-0.39, 0.29) is 41.8 Å². The van der Waals surface area contributed by atoms with Gasteiger partial charge in [-0.25, -0.2) is 4.98 Å². The molecule has 0 saturated heterocycles. The zero-order chi connectivity index (χ0) is 23.3. The van der Waals surface area contributed by atoms with Crippen molar-refractivity contribution in [1.82, 2.24) is 19.8 Å². The highest BCUT2D eigenvalue weighted by molar-refractivity contribution is 6.34. The molecule has 1 aliphatic heterocycles. The summed E-state index contributed by atoms with van der Waals surface area (Å²) in [4.78, 5) is 46.1. The Morgan fingerprint density at radius 2 is 1.91 bits per heavy atom. The Labute approximate surface area is 197 Å². The number of carbonyl (C=O) groups excluding carboxylic acids is 3. The van der Waals surface area contributed by atoms with Crippen molar-refractivity contribution in [3.05, 3.63) is 46.5 Å². The average Bonchev–Trinajstić information content (AvgIpc) is 3.28. The number of hydrogen-bond donors (Lipinski definition) is 2. The molecule has 5 rings (SSSR count). The number of fused-ring (bicyclic) bond motifs is 1. The average molecular weight is 470 g/mol. The Morgan fingerprint density at radius 3 is 2.58 bits per heavy atom. The third kappa shape index (κ3) is 3.90. The highest BCUT2D eigenvalue weighted by Crippen LogP contribution is 2.39. The van der Waals surface area contributed by atoms with Gasteiger partial charge in [-0.2, -0.15) is 0 Å². The van der Waals surface area contributed by atoms with Gasteiger partial charge in [0.05, 0.1) is 23.6 Å². The number of amides is 3. The maximum Gasteiger partial charge on any atom is 0.276 e. The number of aromatic nitrogens is 2. The third-order valence-electron chi connectivity index (χ3n) is 6.95. The minimum atomic E-state index is -1.03. The van der Waals surface area contributed by atoms with E-state index in [1.807, 2.05) is 19.9 Å². The van der Waals surface area contributed by atoms with Crippen molar-refractivity contribution in [2.75, 3.05) is 5.32 Å². The summed E-state index contributed by atoms with van der Waals surface area (Å²) in [6.45, 7) is 3.99. The fraction of sp³-hybridized carbons (Fsp3) is 0.500. The first-order valence-corrected chi connectivity index (χ1v) is 11.9. The molecule has 1 aromatic heterocycles. The van der Waals surface area contributed by atoms with E-state index in [0.717, 1.165) is 44.1 Å². The van der Waals surface area contributed by atoms with Crippen molar-refractivity contribution < 1.29 is 14.4 Å². The van der Waals surface area contributed by atoms with Crippen LogP contribution in [-0.2, 0) is 11.3 Å². The molecule has 3 amide bonds. The number of nitrogens with zero attached hydrogens (tertiary/aromatic N) is 3. The van der Waals surface area contributed by atoms with E-state index < -0.39 is 11.4 Å². The normalized spacial score (nSPS) is 22.9. The minimum Gasteiger partial charge on any atom is -0.351 e. The summed E-state index contributed by atoms with van der Waals surface area (Å²) in [6.07, 6.45) is 7.36. The number of nitrogens with one attached hydrogen (secondary N) is 2. The van der Waals surface area contributed by atoms with E-state index in [1.165, 1.54) is 6.33 Å². The number of benzene rings is 1. The van der Waals surface area contributed by atoms with Crippen molar-refractivity contribution in [3.63, 3.8) is 0 Å². The largest absolute Gasteiger partial charge is 0.351 e. The molecule has 1 unspecified atom stereocenters. The quantitative estimate of drug-likeness (QED) is 0.700. The van der Waals surface area contributed by atoms with E-state index in [2.05, 4.69) is 15.6 Å². The van der Waals surface area contributed by atoms with Gasteiger partial charge >= 0.3 is 0 Å². The van der Waals surface area contributed by atoms with Gasteiger partial charge in [0.1, 0.15) is 11.2 Å². The molecule has 33 heavy (non-hydrogen) atoms. The molecule has 9 heteroatoms. The fourth-order valence-electron chi connectivity index (χ4n) is 5.04. The van der Waals surface area contributed by atoms with Crippen LogP contribution in [0.1, 0.15) is 72.0 Å². The molecular formula is C24H28ClN5O3. The summed E-state index contributed by atoms with van der Waals surface area (Å²) < 4.78 is 1.64. The van der Waals surface area contributed by atoms with E-state index >= 15 is 0 Å². The van der Waals surface area contributed by atoms with Gasteiger partial charge in [-0.3, -0.25) is 14.4 Å². The lowest BCUT2D eigenvalue weighted by Gasteiger charge is -2.44. The van der Waals surface area contributed by atoms with Crippen LogP contribution in [0.4, 0.5) is 5.69 Å². The number of carbonyl (C=O) groups is 3. The van der Waals surface area contributed by atoms with Crippen LogP contribution in [0.15, 0.2) is 24.5 Å². The number of hydrogen-bond acceptors (Lipinski definition) is 4. The molecule has 0 radical (unpaired) electrons. The van der Waals surface area contributed by atoms with Gasteiger partial charge in [0.15, 0.2) is 5.69 Å². The van der Waals surface area contributed by atoms with Crippen molar-refractivity contribution in [2.45, 2.75) is 76.5 Å². The zero-order valence-electron chi connectivity index (χ0n) is 18.9. The number of anilines is 1. The number of rotatable bonds is 5. The Morgan fingerprint density at radius 1 is 1.18 bits per heavy atom. The van der Waals surface area contributed by atoms with Crippen LogP contribution in [0.3, 0.4) is 0 Å². The summed E-state index contributed by atoms with van der Waals surface area (Å²) in [7, 11) is 0. The summed E-state index contributed by atoms with van der Waals surface area (Å²) in [5.41, 5.74) is 0.664. The van der Waals surface area contributed by atoms with Crippen LogP contribution in [0.25, 0.3) is 0 Å². The molecule has 3 aliphatic rings. The van der Waals surface area contributed by atoms with Crippen molar-refractivity contribution in [2.24, 2.45) is 0 Å². The van der Waals surface area contributed by atoms with Gasteiger partial charge in [0.2, 0.25) is 5.91 Å². The molecule has 8 nitrogen and oxygen atoms in total. The topological polar surface area (TPSA) is 96.3 Å². The second kappa shape index (κ2) is 8.17. The number of aryl methyl sites for hydroxylation is 1. The smallest absolute Gasteiger partial charge is 0.276 e. The zero-order valence-corrected chi connectivity index (χ0v) is 19.6. The summed E-state index contributed by atoms with van der Waals surface area (Å²) >= 11 is 6.26. The Kier molecular flexibility index (Phi) is 5.43. The molecule has 174 valence electrons. The van der Waals surface area contributed by atoms with E-state index in [9.17, 15) is 14.4 Å². The van der Waals surface area contributed by atoms with Crippen LogP contribution >= 0.6 is 11.6 Å². The molecular weight excluding hydrogens is 442 g/mol. The van der Waals surface area contributed by atoms with E-state index in [4.69, 9.17) is 11.6 Å². The Bertz CT molecular complexity index is 1140. The maximum atomic E-state index is 13.7. The summed E-state index contributed by atoms with van der Waals surface area (Å²) in [5, 5.41) is 6.35. The molecule has 0 spiro atoms. The molecule has 2 N–H and O–H groups in total. The standard InChI is InChI=1S/C24H28ClN5O3/c1-14-7-10-18(17(25)11-14)28-21(31)19-20-22(32)30(16-8-9-16)24(2,12-29(20)13-26-19)23(33)27-15-5-3-4-6-15/h7,10-11,13,15-16H,3-6,8-9,12H2,1-2H3,(H,27,33)(H,28,31). The first-order valence-electron chi connectivity index (χ1n) is 11.5. The Balaban J connectivity index is 1.44. The predicted molar refractivity (Wildman–Crippen MR) is 124 cm³/mol. The highest BCUT2D eigenvalue weighted by Gasteiger charge is 2.54. The predicted octanol–water partition coefficient (Wildman–Crippen LogP) is 3.53. The lowest BCUT2D eigenvalue weighted by molar-refractivity contribution is -0.134. The minimum absolute atomic E-state index is 0.00272. The fourth-order valence-corrected chi connectivity index (χ4v) is 5.32. The van der Waals surface area contributed by atoms with Crippen molar-refractivity contribution in [3.8, 4) is 0 Å². The molecule has 2 aromatic rings. The first-order chi connectivity index (χ1) is 15.8. The van der Waals surface area contributed by atoms with Gasteiger partial charge in [0.25, 0.3) is 11.8 Å². The Hall–Kier alpha value is -2.87. The van der Waals surface area contributed by atoms with Gasteiger partial charge in [0, 0.05) is 12.1 Å². The van der Waals surface area contributed by atoms with Crippen LogP contribution in [0.2, 0.25) is 5.02 Å². The van der Waals surface area contributed by atoms with Crippen molar-refractivity contribution in [1.29, 1.82) is 0 Å². The monoisotopic (exact) mass is 469 g/mol. The molecule has 1 aromatic carbocycles. The van der Waals surface area contributed by atoms with E-state index in [0.29, 0.717) is 10.7 Å². The maximum absolute atomic E-state index is 13.7. The van der Waals surface area contributed by atoms with Crippen LogP contribution in [0.5, 0.6) is 0 Å². The molecule has 2 heterocycles. The lowest BCUT2D eigenvalue weighted by atomic mass is 9.93. The SMILES string of the molecule is Cc1ccc(NC(=O)c2ncn3c2C(=O)N(C2CC2)C(C)(C(=O)NC2CCCC2)C3)c(Cl)c1. The van der Waals surface area contributed by atoms with Gasteiger partial charge in [-0.05, 0) is 57.2 Å². The molecule has 1 atom stereocenters. The van der Waals surface area contributed by atoms with Gasteiger partial charge in [-0.15, -0.1) is 0 Å². The van der Waals surface area contributed by atoms with Gasteiger partial charge in [-0.1, -0.05) is 30.5 Å². The summed E-state index contributed by atoms with van der Waals surface area (Å²) in [5.74, 6) is -0.963. The van der Waals surface area contributed by atoms with Crippen LogP contribution in [0, 0.1) is 6.92 Å². The molecule has 2 fully saturated rings. The number of imidazole rings is 1. The second-order valence-corrected chi connectivity index (χ2v) is 10.0. The molecule has 0 bridgehead atoms. The second-order valence-electron chi connectivity index (χ2n) is 9.64. The molecule has 2 saturated carbocycles. The van der Waals surface area contributed by atoms with Crippen LogP contribution in [-0.4, -0.2) is 49.8 Å². The van der Waals surface area contributed by atoms with Gasteiger partial charge < -0.3 is 20.1 Å². The third-order valence-corrected chi connectivity index (χ3v) is 7.26. The molecule has 2 aliphatic carbocycles. The van der Waals surface area contributed by atoms with E-state index in [1.54, 1.807) is 21.6 Å². The van der Waals surface area contributed by atoms with Crippen LogP contribution < -0.4 is 10.6 Å². The number of halogens is 1.